The van der Waals surface area contributed by atoms with Crippen molar-refractivity contribution in [3.63, 3.8) is 0 Å². The number of hydrogen-bond donors (Lipinski definition) is 2. The Morgan fingerprint density at radius 2 is 1.55 bits per heavy atom. The Balaban J connectivity index is 1.81. The molecule has 0 atom stereocenters. The molecule has 3 aromatic rings. The van der Waals surface area contributed by atoms with E-state index < -0.39 is 5.91 Å². The Bertz CT molecular complexity index is 1030. The molecule has 7 nitrogen and oxygen atoms in total. The third-order valence-electron chi connectivity index (χ3n) is 5.20. The van der Waals surface area contributed by atoms with Crippen LogP contribution in [0.15, 0.2) is 66.7 Å². The molecule has 7 heteroatoms. The van der Waals surface area contributed by atoms with E-state index in [2.05, 4.69) is 4.90 Å². The van der Waals surface area contributed by atoms with Crippen LogP contribution in [0.4, 0.5) is 0 Å². The third kappa shape index (κ3) is 5.46. The van der Waals surface area contributed by atoms with Crippen molar-refractivity contribution in [2.75, 3.05) is 19.8 Å². The number of carbonyl (C=O) groups is 2. The summed E-state index contributed by atoms with van der Waals surface area (Å²) in [7, 11) is 0. The summed E-state index contributed by atoms with van der Waals surface area (Å²) in [4.78, 5) is 32.8. The monoisotopic (exact) mass is 421 g/mol. The van der Waals surface area contributed by atoms with Crippen LogP contribution in [0.3, 0.4) is 0 Å². The Morgan fingerprint density at radius 1 is 0.903 bits per heavy atom. The van der Waals surface area contributed by atoms with E-state index in [1.54, 1.807) is 17.6 Å². The van der Waals surface area contributed by atoms with Crippen LogP contribution in [0.5, 0.6) is 0 Å². The lowest BCUT2D eigenvalue weighted by Crippen LogP contribution is -2.41. The first kappa shape index (κ1) is 22.4. The van der Waals surface area contributed by atoms with Crippen molar-refractivity contribution < 1.29 is 19.6 Å². The summed E-state index contributed by atoms with van der Waals surface area (Å²) in [5, 5.41) is 12.3. The highest BCUT2D eigenvalue weighted by Crippen LogP contribution is 2.20. The molecule has 0 aliphatic carbocycles. The summed E-state index contributed by atoms with van der Waals surface area (Å²) < 4.78 is 0. The van der Waals surface area contributed by atoms with Crippen molar-refractivity contribution in [3.8, 4) is 0 Å². The smallest absolute Gasteiger partial charge is 0.278 e. The minimum Gasteiger partial charge on any atom is -0.288 e. The second-order valence-electron chi connectivity index (χ2n) is 7.06. The van der Waals surface area contributed by atoms with Crippen molar-refractivity contribution in [1.29, 1.82) is 0 Å². The van der Waals surface area contributed by atoms with Crippen molar-refractivity contribution in [2.45, 2.75) is 20.5 Å². The first-order valence-electron chi connectivity index (χ1n) is 10.3. The van der Waals surface area contributed by atoms with Crippen LogP contribution in [0.25, 0.3) is 10.8 Å². The van der Waals surface area contributed by atoms with E-state index >= 15 is 0 Å². The van der Waals surface area contributed by atoms with Gasteiger partial charge in [-0.1, -0.05) is 56.3 Å². The summed E-state index contributed by atoms with van der Waals surface area (Å²) in [6.07, 6.45) is 0. The normalized spacial score (nSPS) is 11.0. The number of nitrogens with one attached hydrogen (secondary N) is 1. The Hall–Kier alpha value is -3.26. The second kappa shape index (κ2) is 10.7. The van der Waals surface area contributed by atoms with Gasteiger partial charge in [0.1, 0.15) is 13.3 Å². The molecule has 0 radical (unpaired) electrons. The summed E-state index contributed by atoms with van der Waals surface area (Å²) in [5.41, 5.74) is 3.22. The van der Waals surface area contributed by atoms with Gasteiger partial charge in [0.05, 0.1) is 0 Å². The van der Waals surface area contributed by atoms with Crippen molar-refractivity contribution in [2.24, 2.45) is 0 Å². The number of hydroxylamine groups is 3. The second-order valence-corrected chi connectivity index (χ2v) is 7.06. The highest BCUT2D eigenvalue weighted by atomic mass is 16.7. The zero-order valence-corrected chi connectivity index (χ0v) is 17.7. The van der Waals surface area contributed by atoms with Gasteiger partial charge in [0.25, 0.3) is 11.8 Å². The van der Waals surface area contributed by atoms with Gasteiger partial charge in [0, 0.05) is 11.1 Å². The predicted molar refractivity (Wildman–Crippen MR) is 118 cm³/mol. The van der Waals surface area contributed by atoms with Gasteiger partial charge in [-0.05, 0) is 53.7 Å². The topological polar surface area (TPSA) is 82.1 Å². The first-order valence-corrected chi connectivity index (χ1v) is 10.3. The summed E-state index contributed by atoms with van der Waals surface area (Å²) in [6, 6.07) is 20.1. The number of benzene rings is 3. The van der Waals surface area contributed by atoms with E-state index in [9.17, 15) is 9.59 Å². The minimum atomic E-state index is -0.633. The molecule has 0 unspecified atom stereocenters. The van der Waals surface area contributed by atoms with Crippen LogP contribution < -0.4 is 5.48 Å². The van der Waals surface area contributed by atoms with Gasteiger partial charge in [-0.3, -0.25) is 24.5 Å². The molecular weight excluding hydrogens is 394 g/mol. The maximum atomic E-state index is 13.2. The van der Waals surface area contributed by atoms with Gasteiger partial charge >= 0.3 is 0 Å². The summed E-state index contributed by atoms with van der Waals surface area (Å²) >= 11 is 0. The van der Waals surface area contributed by atoms with E-state index in [-0.39, 0.29) is 18.1 Å². The van der Waals surface area contributed by atoms with Gasteiger partial charge in [0.2, 0.25) is 0 Å². The average molecular weight is 421 g/mol. The lowest BCUT2D eigenvalue weighted by molar-refractivity contribution is -0.155. The van der Waals surface area contributed by atoms with Crippen LogP contribution in [-0.4, -0.2) is 46.7 Å². The number of rotatable bonds is 9. The van der Waals surface area contributed by atoms with E-state index in [4.69, 9.17) is 10.0 Å². The van der Waals surface area contributed by atoms with Crippen molar-refractivity contribution >= 4 is 22.6 Å². The molecule has 3 aromatic carbocycles. The molecule has 0 saturated heterocycles. The molecule has 0 bridgehead atoms. The predicted octanol–water partition coefficient (Wildman–Crippen LogP) is 3.83. The molecule has 0 aliphatic heterocycles. The lowest BCUT2D eigenvalue weighted by Gasteiger charge is -2.28. The van der Waals surface area contributed by atoms with Crippen LogP contribution in [-0.2, 0) is 11.4 Å². The fourth-order valence-corrected chi connectivity index (χ4v) is 3.31. The molecule has 3 rings (SSSR count). The highest BCUT2D eigenvalue weighted by Gasteiger charge is 2.20. The molecule has 2 N–H and O–H groups in total. The van der Waals surface area contributed by atoms with Crippen LogP contribution in [0.2, 0.25) is 0 Å². The molecule has 0 saturated carbocycles. The van der Waals surface area contributed by atoms with E-state index in [0.29, 0.717) is 12.2 Å². The maximum absolute atomic E-state index is 13.2. The number of hydrogen-bond acceptors (Lipinski definition) is 5. The van der Waals surface area contributed by atoms with Gasteiger partial charge < -0.3 is 0 Å². The Kier molecular flexibility index (Phi) is 7.72. The maximum Gasteiger partial charge on any atom is 0.278 e. The molecule has 162 valence electrons. The fourth-order valence-electron chi connectivity index (χ4n) is 3.31. The number of fused-ring (bicyclic) bond motifs is 1. The van der Waals surface area contributed by atoms with E-state index in [1.807, 2.05) is 56.3 Å². The first-order chi connectivity index (χ1) is 15.1. The molecule has 31 heavy (non-hydrogen) atoms. The molecule has 0 spiro atoms. The summed E-state index contributed by atoms with van der Waals surface area (Å²) in [6.45, 7) is 6.16. The zero-order valence-electron chi connectivity index (χ0n) is 17.7. The van der Waals surface area contributed by atoms with Crippen molar-refractivity contribution in [3.05, 3.63) is 83.4 Å². The Labute approximate surface area is 181 Å². The fraction of sp³-hybridized carbons (Fsp3) is 0.250. The van der Waals surface area contributed by atoms with Gasteiger partial charge in [-0.15, -0.1) is 0 Å². The molecule has 0 heterocycles. The summed E-state index contributed by atoms with van der Waals surface area (Å²) in [5.74, 6) is -0.936. The number of carbonyl (C=O) groups excluding carboxylic acids is 2. The largest absolute Gasteiger partial charge is 0.288 e. The quantitative estimate of drug-likeness (QED) is 0.312. The number of nitrogens with zero attached hydrogens (tertiary/aromatic N) is 2. The van der Waals surface area contributed by atoms with Crippen LogP contribution in [0, 0.1) is 0 Å². The van der Waals surface area contributed by atoms with Crippen LogP contribution in [0.1, 0.15) is 40.1 Å². The highest BCUT2D eigenvalue weighted by molar-refractivity contribution is 5.97. The lowest BCUT2D eigenvalue weighted by atomic mass is 10.1. The molecule has 0 aromatic heterocycles. The van der Waals surface area contributed by atoms with E-state index in [0.717, 1.165) is 29.4 Å². The van der Waals surface area contributed by atoms with Gasteiger partial charge in [-0.2, -0.15) is 0 Å². The molecule has 0 fully saturated rings. The van der Waals surface area contributed by atoms with Crippen LogP contribution >= 0.6 is 0 Å². The molecule has 0 aliphatic rings. The number of amides is 2. The minimum absolute atomic E-state index is 0.249. The van der Waals surface area contributed by atoms with Gasteiger partial charge in [-0.25, -0.2) is 10.5 Å². The van der Waals surface area contributed by atoms with E-state index in [1.165, 1.54) is 17.2 Å². The standard InChI is InChI=1S/C24H27N3O4/c1-3-26(4-2)17-27(24(29)20-14-12-19(13-15-20)23(28)25-30)31-16-21-10-7-9-18-8-5-6-11-22(18)21/h5-15,30H,3-4,16-17H2,1-2H3,(H,25,28). The Morgan fingerprint density at radius 3 is 2.23 bits per heavy atom. The SMILES string of the molecule is CCN(CC)CN(OCc1cccc2ccccc12)C(=O)c1ccc(C(=O)NO)cc1. The van der Waals surface area contributed by atoms with Crippen molar-refractivity contribution in [1.82, 2.24) is 15.4 Å². The molecular formula is C24H27N3O4. The molecule has 2 amide bonds. The average Bonchev–Trinajstić information content (AvgIpc) is 2.83. The zero-order chi connectivity index (χ0) is 22.2. The van der Waals surface area contributed by atoms with Gasteiger partial charge in [0.15, 0.2) is 0 Å². The third-order valence-corrected chi connectivity index (χ3v) is 5.20.